The number of benzene rings is 4. The fraction of sp³-hybridized carbons (Fsp3) is 0.0870. The van der Waals surface area contributed by atoms with Crippen LogP contribution in [0.5, 0.6) is 0 Å². The molecule has 0 spiro atoms. The van der Waals surface area contributed by atoms with Gasteiger partial charge in [0.1, 0.15) is 0 Å². The van der Waals surface area contributed by atoms with E-state index in [1.54, 1.807) is 0 Å². The highest BCUT2D eigenvalue weighted by molar-refractivity contribution is 5.98. The summed E-state index contributed by atoms with van der Waals surface area (Å²) in [7, 11) is 0. The van der Waals surface area contributed by atoms with Gasteiger partial charge in [-0.25, -0.2) is 92.8 Å². The molecule has 0 aliphatic carbocycles. The van der Waals surface area contributed by atoms with E-state index in [0.29, 0.717) is 36.4 Å². The SMILES string of the molecule is Fc1c(F)c(F)c(-c2c3nc(c(-c4c(F)c(F)c(F)c(F)c4F)c4ccc([nH]4)c(-c4c(F)c(F)c(F)c(F)c4F)c4nc(c(-c5c(F)c(F)c(F)c(F)c5F)c5ccc2[nH]5)[C@H]2CNC[C@@H]42)C=C3)c(F)c1F. The van der Waals surface area contributed by atoms with Crippen molar-refractivity contribution in [3.05, 3.63) is 163 Å². The Balaban J connectivity index is 1.53. The highest BCUT2D eigenvalue weighted by atomic mass is 19.2. The average molecular weight is 1020 g/mol. The molecule has 0 unspecified atom stereocenters. The van der Waals surface area contributed by atoms with Crippen molar-refractivity contribution >= 4 is 34.2 Å². The molecule has 71 heavy (non-hydrogen) atoms. The molecule has 10 rings (SSSR count). The maximum Gasteiger partial charge on any atom is 0.200 e. The molecule has 3 N–H and O–H groups in total. The lowest BCUT2D eigenvalue weighted by molar-refractivity contribution is 0.381. The Labute approximate surface area is 379 Å². The molecule has 3 aliphatic heterocycles. The molecule has 0 amide bonds. The van der Waals surface area contributed by atoms with Gasteiger partial charge in [0, 0.05) is 69.2 Å². The van der Waals surface area contributed by atoms with E-state index in [1.807, 2.05) is 0 Å². The summed E-state index contributed by atoms with van der Waals surface area (Å²) in [5.74, 6) is -55.2. The van der Waals surface area contributed by atoms with Crippen molar-refractivity contribution in [2.45, 2.75) is 11.8 Å². The van der Waals surface area contributed by atoms with Crippen LogP contribution in [0.1, 0.15) is 34.6 Å². The summed E-state index contributed by atoms with van der Waals surface area (Å²) in [5.41, 5.74) is -19.5. The lowest BCUT2D eigenvalue weighted by Gasteiger charge is -2.15. The van der Waals surface area contributed by atoms with Crippen LogP contribution in [0.3, 0.4) is 0 Å². The number of halogens is 20. The molecule has 6 heterocycles. The van der Waals surface area contributed by atoms with Gasteiger partial charge in [-0.05, 0) is 36.4 Å². The normalized spacial score (nSPS) is 15.4. The number of nitrogens with one attached hydrogen (secondary N) is 3. The molecule has 2 atom stereocenters. The minimum Gasteiger partial charge on any atom is -0.354 e. The number of rotatable bonds is 4. The molecular formula is C46H15F20N5. The first-order chi connectivity index (χ1) is 33.6. The second kappa shape index (κ2) is 16.4. The summed E-state index contributed by atoms with van der Waals surface area (Å²) < 4.78 is 307. The minimum atomic E-state index is -2.71. The van der Waals surface area contributed by atoms with Crippen molar-refractivity contribution in [2.24, 2.45) is 0 Å². The molecule has 0 saturated carbocycles. The van der Waals surface area contributed by atoms with E-state index in [4.69, 9.17) is 0 Å². The van der Waals surface area contributed by atoms with E-state index in [-0.39, 0.29) is 0 Å². The zero-order valence-corrected chi connectivity index (χ0v) is 34.0. The zero-order chi connectivity index (χ0) is 51.1. The van der Waals surface area contributed by atoms with Crippen LogP contribution in [0.2, 0.25) is 0 Å². The van der Waals surface area contributed by atoms with Crippen molar-refractivity contribution in [2.75, 3.05) is 13.1 Å². The van der Waals surface area contributed by atoms with Crippen LogP contribution >= 0.6 is 0 Å². The number of hydrogen-bond acceptors (Lipinski definition) is 3. The summed E-state index contributed by atoms with van der Waals surface area (Å²) in [5, 5.41) is 2.76. The fourth-order valence-corrected chi connectivity index (χ4v) is 8.95. The van der Waals surface area contributed by atoms with Gasteiger partial charge in [0.25, 0.3) is 0 Å². The van der Waals surface area contributed by atoms with Gasteiger partial charge >= 0.3 is 0 Å². The van der Waals surface area contributed by atoms with Crippen LogP contribution in [0, 0.1) is 116 Å². The Bertz CT molecular complexity index is 3430. The highest BCUT2D eigenvalue weighted by Gasteiger charge is 2.43. The Hall–Kier alpha value is -7.70. The maximum absolute atomic E-state index is 16.1. The Morgan fingerprint density at radius 1 is 0.282 bits per heavy atom. The lowest BCUT2D eigenvalue weighted by Crippen LogP contribution is -2.11. The minimum absolute atomic E-state index is 0.445. The molecule has 364 valence electrons. The summed E-state index contributed by atoms with van der Waals surface area (Å²) in [6.07, 6.45) is 1.24. The first-order valence-electron chi connectivity index (χ1n) is 19.8. The quantitative estimate of drug-likeness (QED) is 0.0935. The van der Waals surface area contributed by atoms with Crippen LogP contribution in [-0.2, 0) is 0 Å². The topological polar surface area (TPSA) is 69.4 Å². The van der Waals surface area contributed by atoms with Gasteiger partial charge < -0.3 is 15.3 Å². The summed E-state index contributed by atoms with van der Waals surface area (Å²) in [4.78, 5) is 12.9. The van der Waals surface area contributed by atoms with Crippen LogP contribution in [-0.4, -0.2) is 33.0 Å². The van der Waals surface area contributed by atoms with Crippen molar-refractivity contribution in [3.63, 3.8) is 0 Å². The van der Waals surface area contributed by atoms with E-state index in [2.05, 4.69) is 25.3 Å². The third-order valence-corrected chi connectivity index (χ3v) is 12.1. The second-order valence-electron chi connectivity index (χ2n) is 15.8. The Morgan fingerprint density at radius 3 is 0.775 bits per heavy atom. The predicted octanol–water partition coefficient (Wildman–Crippen LogP) is 13.4. The van der Waals surface area contributed by atoms with Gasteiger partial charge in [-0.1, -0.05) is 0 Å². The molecule has 1 fully saturated rings. The summed E-state index contributed by atoms with van der Waals surface area (Å²) >= 11 is 0. The van der Waals surface area contributed by atoms with Crippen molar-refractivity contribution < 1.29 is 87.8 Å². The largest absolute Gasteiger partial charge is 0.354 e. The first-order valence-corrected chi connectivity index (χ1v) is 19.8. The number of aromatic amines is 2. The van der Waals surface area contributed by atoms with Crippen LogP contribution in [0.15, 0.2) is 24.3 Å². The summed E-state index contributed by atoms with van der Waals surface area (Å²) in [6, 6.07) is 2.71. The van der Waals surface area contributed by atoms with E-state index in [9.17, 15) is 17.6 Å². The third kappa shape index (κ3) is 6.60. The van der Waals surface area contributed by atoms with Gasteiger partial charge in [-0.3, -0.25) is 4.98 Å². The molecule has 1 saturated heterocycles. The van der Waals surface area contributed by atoms with Gasteiger partial charge in [0.15, 0.2) is 93.1 Å². The van der Waals surface area contributed by atoms with Gasteiger partial charge in [-0.15, -0.1) is 0 Å². The number of H-pyrrole nitrogens is 2. The predicted molar refractivity (Wildman–Crippen MR) is 209 cm³/mol. The van der Waals surface area contributed by atoms with E-state index in [1.165, 1.54) is 0 Å². The van der Waals surface area contributed by atoms with Crippen LogP contribution in [0.25, 0.3) is 78.7 Å². The standard InChI is InChI=1S/C46H15F20N5/c47-25-21(26(48)34(56)41(63)33(25)55)17-11-1-2-12(68-11)18(22-27(49)35(57)42(64)36(58)28(22)50)14-4-6-16(70-14)20(24-31(53)39(61)44(66)40(62)32(24)54)46-10-8-67-7-9(10)45(71-46)19(15-5-3-13(17)69-15)23-29(51)37(59)43(65)38(60)30(23)52/h1-6,9-10,67,69-70H,7-8H2/t9-,10+. The molecular weight excluding hydrogens is 1000 g/mol. The van der Waals surface area contributed by atoms with Gasteiger partial charge in [0.2, 0.25) is 23.3 Å². The summed E-state index contributed by atoms with van der Waals surface area (Å²) in [6.45, 7) is -0.889. The van der Waals surface area contributed by atoms with E-state index < -0.39 is 231 Å². The third-order valence-electron chi connectivity index (χ3n) is 12.1. The van der Waals surface area contributed by atoms with E-state index in [0.717, 1.165) is 0 Å². The zero-order valence-electron chi connectivity index (χ0n) is 34.0. The van der Waals surface area contributed by atoms with Crippen LogP contribution in [0.4, 0.5) is 87.8 Å². The first kappa shape index (κ1) is 47.0. The Kier molecular flexibility index (Phi) is 10.9. The molecule has 3 aliphatic rings. The number of nitrogens with zero attached hydrogens (tertiary/aromatic N) is 2. The van der Waals surface area contributed by atoms with Crippen molar-refractivity contribution in [3.8, 4) is 44.5 Å². The van der Waals surface area contributed by atoms with Gasteiger partial charge in [-0.2, -0.15) is 0 Å². The molecule has 4 aromatic carbocycles. The fourth-order valence-electron chi connectivity index (χ4n) is 8.95. The van der Waals surface area contributed by atoms with Gasteiger partial charge in [0.05, 0.1) is 45.0 Å². The van der Waals surface area contributed by atoms with Crippen LogP contribution < -0.4 is 5.32 Å². The lowest BCUT2D eigenvalue weighted by atomic mass is 9.86. The number of hydrogen-bond donors (Lipinski definition) is 3. The number of aromatic nitrogens is 4. The Morgan fingerprint density at radius 2 is 0.507 bits per heavy atom. The smallest absolute Gasteiger partial charge is 0.200 e. The molecule has 25 heteroatoms. The van der Waals surface area contributed by atoms with E-state index >= 15 is 70.2 Å². The molecule has 7 aromatic rings. The highest BCUT2D eigenvalue weighted by Crippen LogP contribution is 2.50. The molecule has 3 aromatic heterocycles. The average Bonchev–Trinajstić information content (AvgIpc) is 4.23. The van der Waals surface area contributed by atoms with Crippen molar-refractivity contribution in [1.29, 1.82) is 0 Å². The monoisotopic (exact) mass is 1020 g/mol. The molecule has 8 bridgehead atoms. The van der Waals surface area contributed by atoms with Crippen molar-refractivity contribution in [1.82, 2.24) is 25.3 Å². The number of fused-ring (bicyclic) bond motifs is 11. The molecule has 5 nitrogen and oxygen atoms in total. The maximum atomic E-state index is 16.1. The second-order valence-corrected chi connectivity index (χ2v) is 15.8. The molecule has 0 radical (unpaired) electrons.